The maximum atomic E-state index is 11.9. The van der Waals surface area contributed by atoms with Crippen LogP contribution in [0.3, 0.4) is 0 Å². The monoisotopic (exact) mass is 468 g/mol. The Morgan fingerprint density at radius 1 is 0.676 bits per heavy atom. The van der Waals surface area contributed by atoms with E-state index in [0.717, 1.165) is 12.2 Å². The fourth-order valence-electron chi connectivity index (χ4n) is 2.55. The van der Waals surface area contributed by atoms with Gasteiger partial charge in [-0.15, -0.1) is 0 Å². The highest BCUT2D eigenvalue weighted by Gasteiger charge is 2.11. The average Bonchev–Trinajstić information content (AvgIpc) is 2.81. The van der Waals surface area contributed by atoms with E-state index >= 15 is 0 Å². The predicted octanol–water partition coefficient (Wildman–Crippen LogP) is 3.05. The number of benzene rings is 2. The largest absolute Gasteiger partial charge is 0.460 e. The lowest BCUT2D eigenvalue weighted by molar-refractivity contribution is -0.141. The number of urea groups is 2. The number of carbonyl (C=O) groups is 4. The van der Waals surface area contributed by atoms with Crippen molar-refractivity contribution in [3.63, 3.8) is 0 Å². The summed E-state index contributed by atoms with van der Waals surface area (Å²) in [6.07, 6.45) is 1.86. The number of nitrogens with one attached hydrogen (secondary N) is 4. The van der Waals surface area contributed by atoms with E-state index in [9.17, 15) is 19.2 Å². The molecule has 4 amide bonds. The Bertz CT molecular complexity index is 902. The summed E-state index contributed by atoms with van der Waals surface area (Å²) in [5, 5.41) is 10.6. The van der Waals surface area contributed by atoms with Crippen LogP contribution in [0.4, 0.5) is 21.0 Å². The van der Waals surface area contributed by atoms with Crippen LogP contribution in [0.5, 0.6) is 0 Å². The summed E-state index contributed by atoms with van der Waals surface area (Å²) in [7, 11) is 0. The van der Waals surface area contributed by atoms with Crippen molar-refractivity contribution in [2.24, 2.45) is 0 Å². The van der Waals surface area contributed by atoms with Crippen LogP contribution in [-0.4, -0.2) is 49.3 Å². The van der Waals surface area contributed by atoms with Crippen LogP contribution < -0.4 is 21.3 Å². The molecule has 0 aliphatic heterocycles. The third-order valence-electron chi connectivity index (χ3n) is 4.12. The molecule has 2 aromatic carbocycles. The molecule has 0 unspecified atom stereocenters. The van der Waals surface area contributed by atoms with Crippen molar-refractivity contribution in [3.05, 3.63) is 72.8 Å². The molecule has 10 nitrogen and oxygen atoms in total. The van der Waals surface area contributed by atoms with E-state index in [1.165, 1.54) is 0 Å². The summed E-state index contributed by atoms with van der Waals surface area (Å²) < 4.78 is 10.00. The van der Waals surface area contributed by atoms with Gasteiger partial charge in [-0.3, -0.25) is 0 Å². The van der Waals surface area contributed by atoms with Gasteiger partial charge in [0.05, 0.1) is 12.1 Å². The summed E-state index contributed by atoms with van der Waals surface area (Å²) in [4.78, 5) is 47.4. The molecule has 0 fully saturated rings. The summed E-state index contributed by atoms with van der Waals surface area (Å²) in [6, 6.07) is 16.0. The SMILES string of the molecule is C[C@H](COC(=O)/C=C/C(=O)OC[C@@H](C)NC(=O)Nc1ccccc1)NC(=O)Nc1ccccc1. The molecule has 0 aromatic heterocycles. The molecule has 4 N–H and O–H groups in total. The second-order valence-corrected chi connectivity index (χ2v) is 7.32. The highest BCUT2D eigenvalue weighted by Crippen LogP contribution is 2.05. The van der Waals surface area contributed by atoms with E-state index in [4.69, 9.17) is 9.47 Å². The van der Waals surface area contributed by atoms with E-state index < -0.39 is 36.1 Å². The fraction of sp³-hybridized carbons (Fsp3) is 0.250. The summed E-state index contributed by atoms with van der Waals surface area (Å²) in [5.41, 5.74) is 1.26. The van der Waals surface area contributed by atoms with Gasteiger partial charge in [-0.2, -0.15) is 0 Å². The minimum atomic E-state index is -0.762. The smallest absolute Gasteiger partial charge is 0.331 e. The first kappa shape index (κ1) is 25.9. The Kier molecular flexibility index (Phi) is 10.6. The standard InChI is InChI=1S/C24H28N4O6/c1-17(25-23(31)27-19-9-5-3-6-10-19)15-33-21(29)13-14-22(30)34-16-18(2)26-24(32)28-20-11-7-4-8-12-20/h3-14,17-18H,15-16H2,1-2H3,(H2,25,27,31)(H2,26,28,32)/b14-13+/t17-,18-/m1/s1. The Hall–Kier alpha value is -4.34. The molecule has 2 atom stereocenters. The number of rotatable bonds is 10. The Labute approximate surface area is 197 Å². The molecule has 34 heavy (non-hydrogen) atoms. The van der Waals surface area contributed by atoms with Crippen LogP contribution in [0.2, 0.25) is 0 Å². The predicted molar refractivity (Wildman–Crippen MR) is 127 cm³/mol. The molecule has 2 rings (SSSR count). The van der Waals surface area contributed by atoms with Gasteiger partial charge in [0.1, 0.15) is 13.2 Å². The molecule has 0 saturated carbocycles. The van der Waals surface area contributed by atoms with E-state index in [0.29, 0.717) is 11.4 Å². The number of ether oxygens (including phenoxy) is 2. The maximum absolute atomic E-state index is 11.9. The van der Waals surface area contributed by atoms with Crippen LogP contribution in [0, 0.1) is 0 Å². The van der Waals surface area contributed by atoms with Gasteiger partial charge in [0, 0.05) is 23.5 Å². The summed E-state index contributed by atoms with van der Waals surface area (Å²) >= 11 is 0. The van der Waals surface area contributed by atoms with Crippen LogP contribution in [0.1, 0.15) is 13.8 Å². The molecule has 0 bridgehead atoms. The second-order valence-electron chi connectivity index (χ2n) is 7.32. The molecule has 0 aliphatic rings. The zero-order chi connectivity index (χ0) is 24.8. The minimum Gasteiger partial charge on any atom is -0.460 e. The molecule has 0 spiro atoms. The van der Waals surface area contributed by atoms with E-state index in [-0.39, 0.29) is 13.2 Å². The van der Waals surface area contributed by atoms with E-state index in [1.807, 2.05) is 12.1 Å². The van der Waals surface area contributed by atoms with Crippen molar-refractivity contribution >= 4 is 35.4 Å². The third kappa shape index (κ3) is 10.8. The van der Waals surface area contributed by atoms with Gasteiger partial charge in [-0.1, -0.05) is 36.4 Å². The molecule has 10 heteroatoms. The van der Waals surface area contributed by atoms with Gasteiger partial charge >= 0.3 is 24.0 Å². The fourth-order valence-corrected chi connectivity index (χ4v) is 2.55. The van der Waals surface area contributed by atoms with Crippen molar-refractivity contribution in [1.29, 1.82) is 0 Å². The summed E-state index contributed by atoms with van der Waals surface area (Å²) in [6.45, 7) is 3.16. The van der Waals surface area contributed by atoms with Crippen molar-refractivity contribution in [2.75, 3.05) is 23.8 Å². The molecule has 0 saturated heterocycles. The first-order valence-corrected chi connectivity index (χ1v) is 10.6. The van der Waals surface area contributed by atoms with E-state index in [2.05, 4.69) is 21.3 Å². The lowest BCUT2D eigenvalue weighted by Crippen LogP contribution is -2.39. The second kappa shape index (κ2) is 13.9. The minimum absolute atomic E-state index is 0.0854. The Morgan fingerprint density at radius 2 is 1.03 bits per heavy atom. The van der Waals surface area contributed by atoms with Gasteiger partial charge < -0.3 is 30.7 Å². The van der Waals surface area contributed by atoms with Gasteiger partial charge in [0.2, 0.25) is 0 Å². The van der Waals surface area contributed by atoms with Crippen molar-refractivity contribution < 1.29 is 28.7 Å². The zero-order valence-corrected chi connectivity index (χ0v) is 18.9. The Balaban J connectivity index is 1.60. The normalized spacial score (nSPS) is 12.2. The lowest BCUT2D eigenvalue weighted by atomic mass is 10.3. The molecule has 0 heterocycles. The first-order chi connectivity index (χ1) is 16.3. The number of carbonyl (C=O) groups excluding carboxylic acids is 4. The number of para-hydroxylation sites is 2. The molecule has 0 aliphatic carbocycles. The number of esters is 2. The molecule has 0 radical (unpaired) electrons. The van der Waals surface area contributed by atoms with Crippen molar-refractivity contribution in [1.82, 2.24) is 10.6 Å². The number of hydrogen-bond donors (Lipinski definition) is 4. The number of hydrogen-bond acceptors (Lipinski definition) is 6. The third-order valence-corrected chi connectivity index (χ3v) is 4.12. The maximum Gasteiger partial charge on any atom is 0.331 e. The number of anilines is 2. The molecular formula is C24H28N4O6. The molecule has 2 aromatic rings. The van der Waals surface area contributed by atoms with Crippen LogP contribution in [-0.2, 0) is 19.1 Å². The van der Waals surface area contributed by atoms with Crippen LogP contribution >= 0.6 is 0 Å². The highest BCUT2D eigenvalue weighted by molar-refractivity contribution is 5.92. The van der Waals surface area contributed by atoms with E-state index in [1.54, 1.807) is 62.4 Å². The lowest BCUT2D eigenvalue weighted by Gasteiger charge is -2.14. The Morgan fingerprint density at radius 3 is 1.38 bits per heavy atom. The molecular weight excluding hydrogens is 440 g/mol. The van der Waals surface area contributed by atoms with Gasteiger partial charge in [0.15, 0.2) is 0 Å². The average molecular weight is 469 g/mol. The van der Waals surface area contributed by atoms with Crippen LogP contribution in [0.25, 0.3) is 0 Å². The molecule has 180 valence electrons. The van der Waals surface area contributed by atoms with Crippen molar-refractivity contribution in [3.8, 4) is 0 Å². The van der Waals surface area contributed by atoms with Gasteiger partial charge in [-0.25, -0.2) is 19.2 Å². The topological polar surface area (TPSA) is 135 Å². The zero-order valence-electron chi connectivity index (χ0n) is 18.9. The highest BCUT2D eigenvalue weighted by atomic mass is 16.5. The van der Waals surface area contributed by atoms with Gasteiger partial charge in [-0.05, 0) is 38.1 Å². The van der Waals surface area contributed by atoms with Crippen LogP contribution in [0.15, 0.2) is 72.8 Å². The summed E-state index contributed by atoms with van der Waals surface area (Å²) in [5.74, 6) is -1.52. The van der Waals surface area contributed by atoms with Crippen molar-refractivity contribution in [2.45, 2.75) is 25.9 Å². The first-order valence-electron chi connectivity index (χ1n) is 10.6. The number of amides is 4. The van der Waals surface area contributed by atoms with Gasteiger partial charge in [0.25, 0.3) is 0 Å². The quantitative estimate of drug-likeness (QED) is 0.313.